The SMILES string of the molecule is CCOC(=O)CNC(=O)c1ccc2c(C3CCCCC3)c(-c3ccc(OCc4cc(N5CCCC5O)ccc4N4CCOCC4)cc3)n(C)c2c1. The molecule has 2 aliphatic heterocycles. The summed E-state index contributed by atoms with van der Waals surface area (Å²) in [5, 5.41) is 14.4. The van der Waals surface area contributed by atoms with E-state index in [4.69, 9.17) is 14.2 Å². The second-order valence-electron chi connectivity index (χ2n) is 13.9. The Morgan fingerprint density at radius 3 is 2.43 bits per heavy atom. The van der Waals surface area contributed by atoms with Gasteiger partial charge in [-0.1, -0.05) is 25.3 Å². The molecule has 270 valence electrons. The number of aliphatic hydroxyl groups excluding tert-OH is 1. The van der Waals surface area contributed by atoms with Gasteiger partial charge < -0.3 is 39.0 Å². The third-order valence-electron chi connectivity index (χ3n) is 10.7. The standard InChI is InChI=1S/C41H50N4O6/c1-3-50-38(47)26-42-41(48)30-13-17-34-36(25-30)43(2)40(39(34)28-8-5-4-6-9-28)29-11-15-33(16-12-29)51-27-31-24-32(45-19-7-10-37(45)46)14-18-35(31)44-20-22-49-23-21-44/h11-18,24-25,28,37,46H,3-10,19-23,26-27H2,1-2H3,(H,42,48). The van der Waals surface area contributed by atoms with Crippen LogP contribution in [0.3, 0.4) is 0 Å². The first-order chi connectivity index (χ1) is 24.9. The minimum absolute atomic E-state index is 0.160. The predicted molar refractivity (Wildman–Crippen MR) is 200 cm³/mol. The average molecular weight is 695 g/mol. The summed E-state index contributed by atoms with van der Waals surface area (Å²) < 4.78 is 19.3. The number of aromatic nitrogens is 1. The molecular weight excluding hydrogens is 644 g/mol. The van der Waals surface area contributed by atoms with Crippen molar-refractivity contribution in [2.24, 2.45) is 7.05 Å². The van der Waals surface area contributed by atoms with Gasteiger partial charge in [0.15, 0.2) is 0 Å². The second-order valence-corrected chi connectivity index (χ2v) is 13.9. The molecule has 1 aliphatic carbocycles. The lowest BCUT2D eigenvalue weighted by atomic mass is 9.82. The van der Waals surface area contributed by atoms with Crippen LogP contribution in [0.2, 0.25) is 0 Å². The zero-order valence-corrected chi connectivity index (χ0v) is 29.9. The molecule has 3 heterocycles. The summed E-state index contributed by atoms with van der Waals surface area (Å²) >= 11 is 0. The van der Waals surface area contributed by atoms with Gasteiger partial charge in [-0.2, -0.15) is 0 Å². The van der Waals surface area contributed by atoms with Gasteiger partial charge in [-0.3, -0.25) is 9.59 Å². The number of nitrogens with one attached hydrogen (secondary N) is 1. The Balaban J connectivity index is 1.15. The molecule has 0 radical (unpaired) electrons. The van der Waals surface area contributed by atoms with Crippen LogP contribution >= 0.6 is 0 Å². The van der Waals surface area contributed by atoms with Crippen LogP contribution in [-0.2, 0) is 27.9 Å². The molecule has 1 atom stereocenters. The number of amides is 1. The number of benzene rings is 3. The van der Waals surface area contributed by atoms with Crippen molar-refractivity contribution >= 4 is 34.2 Å². The number of nitrogens with zero attached hydrogens (tertiary/aromatic N) is 3. The highest BCUT2D eigenvalue weighted by molar-refractivity contribution is 6.01. The van der Waals surface area contributed by atoms with Gasteiger partial charge in [0.25, 0.3) is 5.91 Å². The fraction of sp³-hybridized carbons (Fsp3) is 0.463. The number of carbonyl (C=O) groups excluding carboxylic acids is 2. The molecule has 10 heteroatoms. The molecule has 7 rings (SSSR count). The number of fused-ring (bicyclic) bond motifs is 1. The van der Waals surface area contributed by atoms with Crippen LogP contribution in [0, 0.1) is 0 Å². The fourth-order valence-electron chi connectivity index (χ4n) is 8.13. The van der Waals surface area contributed by atoms with Crippen molar-refractivity contribution < 1.29 is 28.9 Å². The van der Waals surface area contributed by atoms with Crippen molar-refractivity contribution in [2.45, 2.75) is 70.6 Å². The molecule has 3 fully saturated rings. The molecule has 1 saturated carbocycles. The van der Waals surface area contributed by atoms with Gasteiger partial charge in [-0.05, 0) is 104 Å². The summed E-state index contributed by atoms with van der Waals surface area (Å²) in [5.41, 5.74) is 8.38. The highest BCUT2D eigenvalue weighted by Gasteiger charge is 2.27. The Bertz CT molecular complexity index is 1840. The van der Waals surface area contributed by atoms with Gasteiger partial charge in [0, 0.05) is 60.1 Å². The van der Waals surface area contributed by atoms with Crippen LogP contribution in [0.15, 0.2) is 60.7 Å². The Morgan fingerprint density at radius 2 is 1.71 bits per heavy atom. The van der Waals surface area contributed by atoms with Gasteiger partial charge in [-0.15, -0.1) is 0 Å². The lowest BCUT2D eigenvalue weighted by Gasteiger charge is -2.32. The van der Waals surface area contributed by atoms with Crippen LogP contribution < -0.4 is 19.9 Å². The first-order valence-electron chi connectivity index (χ1n) is 18.6. The molecule has 2 saturated heterocycles. The molecule has 2 N–H and O–H groups in total. The van der Waals surface area contributed by atoms with E-state index in [-0.39, 0.29) is 19.1 Å². The number of hydrogen-bond donors (Lipinski definition) is 2. The minimum Gasteiger partial charge on any atom is -0.489 e. The number of ether oxygens (including phenoxy) is 3. The molecule has 3 aromatic carbocycles. The number of aryl methyl sites for hydroxylation is 1. The van der Waals surface area contributed by atoms with E-state index in [9.17, 15) is 14.7 Å². The molecule has 1 unspecified atom stereocenters. The summed E-state index contributed by atoms with van der Waals surface area (Å²) in [6.07, 6.45) is 7.31. The normalized spacial score (nSPS) is 18.3. The summed E-state index contributed by atoms with van der Waals surface area (Å²) in [6, 6.07) is 20.7. The zero-order chi connectivity index (χ0) is 35.3. The van der Waals surface area contributed by atoms with Gasteiger partial charge >= 0.3 is 5.97 Å². The highest BCUT2D eigenvalue weighted by atomic mass is 16.5. The lowest BCUT2D eigenvalue weighted by Crippen LogP contribution is -2.37. The number of esters is 1. The van der Waals surface area contributed by atoms with Crippen LogP contribution in [0.25, 0.3) is 22.2 Å². The van der Waals surface area contributed by atoms with E-state index >= 15 is 0 Å². The number of carbonyl (C=O) groups is 2. The summed E-state index contributed by atoms with van der Waals surface area (Å²) in [5.74, 6) is 0.481. The number of aliphatic hydroxyl groups is 1. The van der Waals surface area contributed by atoms with Crippen molar-refractivity contribution in [2.75, 3.05) is 55.8 Å². The largest absolute Gasteiger partial charge is 0.489 e. The van der Waals surface area contributed by atoms with E-state index < -0.39 is 12.2 Å². The van der Waals surface area contributed by atoms with Gasteiger partial charge in [-0.25, -0.2) is 0 Å². The second kappa shape index (κ2) is 15.8. The van der Waals surface area contributed by atoms with E-state index in [0.29, 0.717) is 31.3 Å². The van der Waals surface area contributed by atoms with Gasteiger partial charge in [0.2, 0.25) is 0 Å². The quantitative estimate of drug-likeness (QED) is 0.171. The summed E-state index contributed by atoms with van der Waals surface area (Å²) in [4.78, 5) is 29.3. The molecular formula is C41H50N4O6. The summed E-state index contributed by atoms with van der Waals surface area (Å²) in [7, 11) is 2.08. The minimum atomic E-state index is -0.451. The van der Waals surface area contributed by atoms with Crippen molar-refractivity contribution in [3.8, 4) is 17.0 Å². The van der Waals surface area contributed by atoms with E-state index in [1.807, 2.05) is 24.3 Å². The molecule has 1 amide bonds. The van der Waals surface area contributed by atoms with Crippen molar-refractivity contribution in [3.63, 3.8) is 0 Å². The van der Waals surface area contributed by atoms with Crippen LogP contribution in [0.5, 0.6) is 5.75 Å². The maximum absolute atomic E-state index is 13.0. The molecule has 51 heavy (non-hydrogen) atoms. The molecule has 0 bridgehead atoms. The third kappa shape index (κ3) is 7.58. The first kappa shape index (κ1) is 34.9. The van der Waals surface area contributed by atoms with Crippen molar-refractivity contribution in [3.05, 3.63) is 77.4 Å². The van der Waals surface area contributed by atoms with E-state index in [1.165, 1.54) is 35.9 Å². The van der Waals surface area contributed by atoms with Gasteiger partial charge in [0.1, 0.15) is 25.1 Å². The molecule has 4 aromatic rings. The number of rotatable bonds is 11. The third-order valence-corrected chi connectivity index (χ3v) is 10.7. The lowest BCUT2D eigenvalue weighted by molar-refractivity contribution is -0.141. The molecule has 0 spiro atoms. The van der Waals surface area contributed by atoms with Crippen molar-refractivity contribution in [1.29, 1.82) is 0 Å². The van der Waals surface area contributed by atoms with Gasteiger partial charge in [0.05, 0.1) is 25.5 Å². The monoisotopic (exact) mass is 694 g/mol. The zero-order valence-electron chi connectivity index (χ0n) is 29.9. The van der Waals surface area contributed by atoms with E-state index in [0.717, 1.165) is 79.1 Å². The van der Waals surface area contributed by atoms with Crippen LogP contribution in [-0.4, -0.2) is 73.8 Å². The number of hydrogen-bond acceptors (Lipinski definition) is 8. The predicted octanol–water partition coefficient (Wildman–Crippen LogP) is 6.52. The Kier molecular flexibility index (Phi) is 10.8. The first-order valence-corrected chi connectivity index (χ1v) is 18.6. The maximum Gasteiger partial charge on any atom is 0.325 e. The smallest absolute Gasteiger partial charge is 0.325 e. The molecule has 1 aromatic heterocycles. The van der Waals surface area contributed by atoms with Crippen molar-refractivity contribution in [1.82, 2.24) is 9.88 Å². The topological polar surface area (TPSA) is 106 Å². The number of morpholine rings is 1. The number of anilines is 2. The van der Waals surface area contributed by atoms with Crippen LogP contribution in [0.1, 0.15) is 79.3 Å². The summed E-state index contributed by atoms with van der Waals surface area (Å²) in [6.45, 7) is 6.20. The molecule has 3 aliphatic rings. The molecule has 10 nitrogen and oxygen atoms in total. The maximum atomic E-state index is 13.0. The fourth-order valence-corrected chi connectivity index (χ4v) is 8.13. The Labute approximate surface area is 300 Å². The Morgan fingerprint density at radius 1 is 0.922 bits per heavy atom. The van der Waals surface area contributed by atoms with E-state index in [1.54, 1.807) is 6.92 Å². The Hall–Kier alpha value is -4.54. The van der Waals surface area contributed by atoms with E-state index in [2.05, 4.69) is 63.1 Å². The highest BCUT2D eigenvalue weighted by Crippen LogP contribution is 2.44. The van der Waals surface area contributed by atoms with Crippen LogP contribution in [0.4, 0.5) is 11.4 Å². The average Bonchev–Trinajstić information content (AvgIpc) is 3.73.